The molecule has 2 aromatic rings. The zero-order valence-electron chi connectivity index (χ0n) is 9.61. The molecule has 0 saturated heterocycles. The van der Waals surface area contributed by atoms with Crippen LogP contribution in [0, 0.1) is 5.82 Å². The van der Waals surface area contributed by atoms with E-state index in [0.717, 1.165) is 15.5 Å². The third kappa shape index (κ3) is 2.89. The SMILES string of the molecule is COc1cccc(Sc2cc(Cl)c(F)cc2N)c1. The van der Waals surface area contributed by atoms with Crippen LogP contribution < -0.4 is 10.5 Å². The van der Waals surface area contributed by atoms with E-state index in [4.69, 9.17) is 22.1 Å². The molecule has 0 aliphatic rings. The fourth-order valence-electron chi connectivity index (χ4n) is 1.42. The van der Waals surface area contributed by atoms with Gasteiger partial charge in [0.1, 0.15) is 11.6 Å². The lowest BCUT2D eigenvalue weighted by molar-refractivity contribution is 0.413. The second-order valence-electron chi connectivity index (χ2n) is 3.59. The first kappa shape index (κ1) is 13.1. The van der Waals surface area contributed by atoms with Crippen LogP contribution in [0.25, 0.3) is 0 Å². The third-order valence-corrected chi connectivity index (χ3v) is 3.67. The van der Waals surface area contributed by atoms with Crippen LogP contribution in [0.2, 0.25) is 5.02 Å². The minimum atomic E-state index is -0.510. The van der Waals surface area contributed by atoms with Crippen molar-refractivity contribution in [3.05, 3.63) is 47.2 Å². The number of anilines is 1. The van der Waals surface area contributed by atoms with E-state index in [1.807, 2.05) is 24.3 Å². The summed E-state index contributed by atoms with van der Waals surface area (Å²) in [6.07, 6.45) is 0. The maximum atomic E-state index is 13.2. The van der Waals surface area contributed by atoms with Gasteiger partial charge in [-0.2, -0.15) is 0 Å². The Morgan fingerprint density at radius 3 is 2.78 bits per heavy atom. The maximum Gasteiger partial charge on any atom is 0.143 e. The standard InChI is InChI=1S/C13H11ClFNOS/c1-17-8-3-2-4-9(5-8)18-13-6-10(14)11(15)7-12(13)16/h2-7H,16H2,1H3. The summed E-state index contributed by atoms with van der Waals surface area (Å²) in [5.74, 6) is 0.246. The first-order chi connectivity index (χ1) is 8.60. The van der Waals surface area contributed by atoms with E-state index in [-0.39, 0.29) is 5.02 Å². The highest BCUT2D eigenvalue weighted by molar-refractivity contribution is 7.99. The average molecular weight is 284 g/mol. The first-order valence-corrected chi connectivity index (χ1v) is 6.36. The van der Waals surface area contributed by atoms with Crippen molar-refractivity contribution in [1.82, 2.24) is 0 Å². The molecule has 2 rings (SSSR count). The largest absolute Gasteiger partial charge is 0.497 e. The van der Waals surface area contributed by atoms with E-state index in [1.54, 1.807) is 7.11 Å². The number of methoxy groups -OCH3 is 1. The molecule has 0 spiro atoms. The van der Waals surface area contributed by atoms with Gasteiger partial charge in [-0.15, -0.1) is 0 Å². The van der Waals surface area contributed by atoms with Crippen LogP contribution >= 0.6 is 23.4 Å². The van der Waals surface area contributed by atoms with Crippen LogP contribution in [-0.4, -0.2) is 7.11 Å². The van der Waals surface area contributed by atoms with E-state index >= 15 is 0 Å². The summed E-state index contributed by atoms with van der Waals surface area (Å²) in [6.45, 7) is 0. The highest BCUT2D eigenvalue weighted by Crippen LogP contribution is 2.36. The van der Waals surface area contributed by atoms with Crippen molar-refractivity contribution in [2.24, 2.45) is 0 Å². The second kappa shape index (κ2) is 5.50. The molecule has 0 atom stereocenters. The molecule has 0 aliphatic heterocycles. The summed E-state index contributed by atoms with van der Waals surface area (Å²) < 4.78 is 18.3. The van der Waals surface area contributed by atoms with E-state index in [0.29, 0.717) is 5.69 Å². The Bertz CT molecular complexity index is 577. The van der Waals surface area contributed by atoms with Crippen molar-refractivity contribution in [3.8, 4) is 5.75 Å². The number of ether oxygens (including phenoxy) is 1. The Kier molecular flexibility index (Phi) is 3.99. The molecule has 5 heteroatoms. The molecular formula is C13H11ClFNOS. The van der Waals surface area contributed by atoms with Gasteiger partial charge in [0.15, 0.2) is 0 Å². The molecule has 0 unspecified atom stereocenters. The van der Waals surface area contributed by atoms with E-state index in [1.165, 1.54) is 23.9 Å². The molecule has 2 nitrogen and oxygen atoms in total. The van der Waals surface area contributed by atoms with Crippen LogP contribution in [0.1, 0.15) is 0 Å². The van der Waals surface area contributed by atoms with Crippen molar-refractivity contribution >= 4 is 29.1 Å². The monoisotopic (exact) mass is 283 g/mol. The van der Waals surface area contributed by atoms with Gasteiger partial charge in [0, 0.05) is 15.5 Å². The molecular weight excluding hydrogens is 273 g/mol. The molecule has 0 amide bonds. The molecule has 0 aliphatic carbocycles. The minimum Gasteiger partial charge on any atom is -0.497 e. The Morgan fingerprint density at radius 2 is 2.06 bits per heavy atom. The predicted molar refractivity (Wildman–Crippen MR) is 72.9 cm³/mol. The van der Waals surface area contributed by atoms with Crippen molar-refractivity contribution in [2.45, 2.75) is 9.79 Å². The topological polar surface area (TPSA) is 35.2 Å². The Balaban J connectivity index is 2.30. The van der Waals surface area contributed by atoms with Gasteiger partial charge in [-0.25, -0.2) is 4.39 Å². The highest BCUT2D eigenvalue weighted by atomic mass is 35.5. The van der Waals surface area contributed by atoms with E-state index in [2.05, 4.69) is 0 Å². The van der Waals surface area contributed by atoms with Crippen LogP contribution in [0.5, 0.6) is 5.75 Å². The Morgan fingerprint density at radius 1 is 1.28 bits per heavy atom. The van der Waals surface area contributed by atoms with Crippen molar-refractivity contribution in [2.75, 3.05) is 12.8 Å². The molecule has 2 aromatic carbocycles. The molecule has 0 heterocycles. The minimum absolute atomic E-state index is 0.0644. The highest BCUT2D eigenvalue weighted by Gasteiger charge is 2.08. The van der Waals surface area contributed by atoms with Crippen molar-refractivity contribution in [3.63, 3.8) is 0 Å². The molecule has 0 radical (unpaired) electrons. The lowest BCUT2D eigenvalue weighted by atomic mass is 10.3. The fourth-order valence-corrected chi connectivity index (χ4v) is 2.58. The summed E-state index contributed by atoms with van der Waals surface area (Å²) >= 11 is 7.15. The number of nitrogen functional groups attached to an aromatic ring is 1. The normalized spacial score (nSPS) is 10.4. The summed E-state index contributed by atoms with van der Waals surface area (Å²) in [5, 5.41) is 0.0644. The third-order valence-electron chi connectivity index (χ3n) is 2.32. The molecule has 0 bridgehead atoms. The van der Waals surface area contributed by atoms with Crippen LogP contribution in [-0.2, 0) is 0 Å². The number of nitrogens with two attached hydrogens (primary N) is 1. The quantitative estimate of drug-likeness (QED) is 0.857. The number of hydrogen-bond donors (Lipinski definition) is 1. The van der Waals surface area contributed by atoms with Gasteiger partial charge in [0.2, 0.25) is 0 Å². The first-order valence-electron chi connectivity index (χ1n) is 5.16. The Labute approximate surface area is 114 Å². The van der Waals surface area contributed by atoms with E-state index < -0.39 is 5.82 Å². The van der Waals surface area contributed by atoms with Gasteiger partial charge in [-0.3, -0.25) is 0 Å². The molecule has 0 aromatic heterocycles. The van der Waals surface area contributed by atoms with Crippen LogP contribution in [0.4, 0.5) is 10.1 Å². The van der Waals surface area contributed by atoms with Gasteiger partial charge in [-0.05, 0) is 30.3 Å². The Hall–Kier alpha value is -1.39. The second-order valence-corrected chi connectivity index (χ2v) is 5.11. The van der Waals surface area contributed by atoms with Gasteiger partial charge >= 0.3 is 0 Å². The van der Waals surface area contributed by atoms with Crippen molar-refractivity contribution in [1.29, 1.82) is 0 Å². The summed E-state index contributed by atoms with van der Waals surface area (Å²) in [6, 6.07) is 10.3. The number of hydrogen-bond acceptors (Lipinski definition) is 3. The molecule has 0 saturated carbocycles. The number of rotatable bonds is 3. The zero-order chi connectivity index (χ0) is 13.1. The summed E-state index contributed by atoms with van der Waals surface area (Å²) in [4.78, 5) is 1.67. The van der Waals surface area contributed by atoms with Crippen LogP contribution in [0.3, 0.4) is 0 Å². The van der Waals surface area contributed by atoms with Crippen LogP contribution in [0.15, 0.2) is 46.2 Å². The lowest BCUT2D eigenvalue weighted by Crippen LogP contribution is -1.91. The van der Waals surface area contributed by atoms with E-state index in [9.17, 15) is 4.39 Å². The smallest absolute Gasteiger partial charge is 0.143 e. The summed E-state index contributed by atoms with van der Waals surface area (Å²) in [5.41, 5.74) is 6.12. The predicted octanol–water partition coefficient (Wildman–Crippen LogP) is 4.22. The molecule has 0 fully saturated rings. The summed E-state index contributed by atoms with van der Waals surface area (Å²) in [7, 11) is 1.60. The fraction of sp³-hybridized carbons (Fsp3) is 0.0769. The maximum absolute atomic E-state index is 13.2. The van der Waals surface area contributed by atoms with Gasteiger partial charge in [-0.1, -0.05) is 29.4 Å². The zero-order valence-corrected chi connectivity index (χ0v) is 11.2. The number of benzene rings is 2. The molecule has 2 N–H and O–H groups in total. The molecule has 18 heavy (non-hydrogen) atoms. The van der Waals surface area contributed by atoms with Gasteiger partial charge in [0.05, 0.1) is 12.1 Å². The molecule has 94 valence electrons. The average Bonchev–Trinajstić information content (AvgIpc) is 2.36. The van der Waals surface area contributed by atoms with Gasteiger partial charge < -0.3 is 10.5 Å². The lowest BCUT2D eigenvalue weighted by Gasteiger charge is -2.08. The number of halogens is 2. The van der Waals surface area contributed by atoms with Gasteiger partial charge in [0.25, 0.3) is 0 Å². The van der Waals surface area contributed by atoms with Crippen molar-refractivity contribution < 1.29 is 9.13 Å².